The summed E-state index contributed by atoms with van der Waals surface area (Å²) in [6.07, 6.45) is 2.37. The zero-order valence-corrected chi connectivity index (χ0v) is 13.9. The summed E-state index contributed by atoms with van der Waals surface area (Å²) in [5, 5.41) is 6.74. The first-order valence-corrected chi connectivity index (χ1v) is 9.50. The Morgan fingerprint density at radius 1 is 0.696 bits per heavy atom. The molecule has 0 bridgehead atoms. The van der Waals surface area contributed by atoms with Crippen molar-refractivity contribution in [2.24, 2.45) is 0 Å². The minimum absolute atomic E-state index is 0.456. The van der Waals surface area contributed by atoms with Crippen molar-refractivity contribution in [2.75, 3.05) is 0 Å². The van der Waals surface area contributed by atoms with Gasteiger partial charge in [-0.15, -0.1) is 0 Å². The van der Waals surface area contributed by atoms with Gasteiger partial charge in [0.05, 0.1) is 0 Å². The first-order valence-electron chi connectivity index (χ1n) is 8.16. The molecule has 0 aromatic heterocycles. The molecule has 0 saturated heterocycles. The number of rotatable bonds is 4. The van der Waals surface area contributed by atoms with Gasteiger partial charge in [0, 0.05) is 14.1 Å². The van der Waals surface area contributed by atoms with Gasteiger partial charge >= 0.3 is 0 Å². The summed E-state index contributed by atoms with van der Waals surface area (Å²) < 4.78 is 0. The van der Waals surface area contributed by atoms with Crippen molar-refractivity contribution in [2.45, 2.75) is 18.9 Å². The molecule has 0 radical (unpaired) electrons. The molecule has 0 heterocycles. The summed E-state index contributed by atoms with van der Waals surface area (Å²) in [6, 6.07) is 31.0. The fourth-order valence-electron chi connectivity index (χ4n) is 3.30. The molecule has 1 unspecified atom stereocenters. The second kappa shape index (κ2) is 6.66. The minimum atomic E-state index is -0.536. The maximum atomic E-state index is 3.97. The van der Waals surface area contributed by atoms with Gasteiger partial charge < -0.3 is 0 Å². The van der Waals surface area contributed by atoms with Crippen LogP contribution in [0.4, 0.5) is 0 Å². The Morgan fingerprint density at radius 2 is 1.26 bits per heavy atom. The molecule has 0 fully saturated rings. The van der Waals surface area contributed by atoms with Crippen molar-refractivity contribution >= 4 is 18.7 Å². The smallest absolute Gasteiger partial charge is 0.0367 e. The quantitative estimate of drug-likeness (QED) is 0.707. The summed E-state index contributed by atoms with van der Waals surface area (Å²) in [7, 11) is -0.536. The van der Waals surface area contributed by atoms with Crippen molar-refractivity contribution in [1.29, 1.82) is 0 Å². The predicted molar refractivity (Wildman–Crippen MR) is 99.7 cm³/mol. The van der Waals surface area contributed by atoms with Crippen LogP contribution in [0.15, 0.2) is 84.9 Å². The largest absolute Gasteiger partial charge is 0.281 e. The second-order valence-electron chi connectivity index (χ2n) is 5.93. The summed E-state index contributed by atoms with van der Waals surface area (Å²) >= 11 is 0. The Labute approximate surface area is 139 Å². The van der Waals surface area contributed by atoms with Crippen LogP contribution < -0.4 is 15.7 Å². The Morgan fingerprint density at radius 3 is 1.91 bits per heavy atom. The summed E-state index contributed by atoms with van der Waals surface area (Å²) in [5.74, 6) is 0. The molecule has 0 saturated carbocycles. The van der Waals surface area contributed by atoms with Gasteiger partial charge in [0.25, 0.3) is 0 Å². The monoisotopic (exact) mass is 317 g/mol. The normalized spacial score (nSPS) is 16.5. The SMILES string of the molecule is c1ccc(P(NC2CCc3ccccc32)c2ccccc2)cc1. The highest BCUT2D eigenvalue weighted by molar-refractivity contribution is 7.71. The Balaban J connectivity index is 1.67. The van der Waals surface area contributed by atoms with E-state index in [0.717, 1.165) is 0 Å². The lowest BCUT2D eigenvalue weighted by Crippen LogP contribution is -2.25. The average Bonchev–Trinajstić information content (AvgIpc) is 3.04. The molecule has 23 heavy (non-hydrogen) atoms. The minimum Gasteiger partial charge on any atom is -0.281 e. The van der Waals surface area contributed by atoms with Gasteiger partial charge in [0.15, 0.2) is 0 Å². The summed E-state index contributed by atoms with van der Waals surface area (Å²) in [6.45, 7) is 0. The lowest BCUT2D eigenvalue weighted by atomic mass is 10.1. The van der Waals surface area contributed by atoms with Gasteiger partial charge in [-0.3, -0.25) is 5.09 Å². The molecule has 3 aromatic carbocycles. The Hall–Kier alpha value is -1.95. The van der Waals surface area contributed by atoms with Crippen LogP contribution in [0.2, 0.25) is 0 Å². The van der Waals surface area contributed by atoms with Crippen LogP contribution in [-0.4, -0.2) is 0 Å². The highest BCUT2D eigenvalue weighted by Gasteiger charge is 2.25. The van der Waals surface area contributed by atoms with Gasteiger partial charge in [0.1, 0.15) is 0 Å². The fraction of sp³-hybridized carbons (Fsp3) is 0.143. The van der Waals surface area contributed by atoms with Crippen molar-refractivity contribution in [3.63, 3.8) is 0 Å². The molecule has 1 aliphatic rings. The van der Waals surface area contributed by atoms with Crippen LogP contribution in [0.1, 0.15) is 23.6 Å². The zero-order chi connectivity index (χ0) is 15.5. The van der Waals surface area contributed by atoms with Crippen LogP contribution >= 0.6 is 8.07 Å². The van der Waals surface area contributed by atoms with Crippen LogP contribution in [-0.2, 0) is 6.42 Å². The van der Waals surface area contributed by atoms with Crippen LogP contribution in [0.3, 0.4) is 0 Å². The number of fused-ring (bicyclic) bond motifs is 1. The van der Waals surface area contributed by atoms with E-state index in [9.17, 15) is 0 Å². The molecule has 0 spiro atoms. The van der Waals surface area contributed by atoms with Gasteiger partial charge in [0.2, 0.25) is 0 Å². The van der Waals surface area contributed by atoms with E-state index in [0.29, 0.717) is 6.04 Å². The highest BCUT2D eigenvalue weighted by atomic mass is 31.1. The number of aryl methyl sites for hydroxylation is 1. The molecule has 4 rings (SSSR count). The first kappa shape index (κ1) is 14.6. The molecule has 1 N–H and O–H groups in total. The fourth-order valence-corrected chi connectivity index (χ4v) is 5.42. The van der Waals surface area contributed by atoms with E-state index in [1.165, 1.54) is 34.6 Å². The lowest BCUT2D eigenvalue weighted by molar-refractivity contribution is 0.663. The molecule has 3 aromatic rings. The highest BCUT2D eigenvalue weighted by Crippen LogP contribution is 2.39. The number of hydrogen-bond donors (Lipinski definition) is 1. The van der Waals surface area contributed by atoms with E-state index >= 15 is 0 Å². The maximum Gasteiger partial charge on any atom is 0.0367 e. The topological polar surface area (TPSA) is 12.0 Å². The molecule has 0 amide bonds. The van der Waals surface area contributed by atoms with Crippen molar-refractivity contribution < 1.29 is 0 Å². The molecular formula is C21H20NP. The molecule has 1 atom stereocenters. The molecule has 114 valence electrons. The Kier molecular flexibility index (Phi) is 4.24. The predicted octanol–water partition coefficient (Wildman–Crippen LogP) is 4.31. The molecule has 1 nitrogen and oxygen atoms in total. The van der Waals surface area contributed by atoms with Crippen LogP contribution in [0.5, 0.6) is 0 Å². The van der Waals surface area contributed by atoms with E-state index in [1.807, 2.05) is 0 Å². The first-order chi connectivity index (χ1) is 11.4. The summed E-state index contributed by atoms with van der Waals surface area (Å²) in [5.41, 5.74) is 2.98. The number of hydrogen-bond acceptors (Lipinski definition) is 1. The Bertz CT molecular complexity index is 731. The number of benzene rings is 3. The van der Waals surface area contributed by atoms with Crippen LogP contribution in [0, 0.1) is 0 Å². The number of nitrogens with one attached hydrogen (secondary N) is 1. The second-order valence-corrected chi connectivity index (χ2v) is 7.89. The molecular weight excluding hydrogens is 297 g/mol. The molecule has 2 heteroatoms. The summed E-state index contributed by atoms with van der Waals surface area (Å²) in [4.78, 5) is 0. The third-order valence-electron chi connectivity index (χ3n) is 4.45. The van der Waals surface area contributed by atoms with Crippen molar-refractivity contribution in [3.8, 4) is 0 Å². The van der Waals surface area contributed by atoms with Gasteiger partial charge in [-0.05, 0) is 34.6 Å². The zero-order valence-electron chi connectivity index (χ0n) is 13.0. The third-order valence-corrected chi connectivity index (χ3v) is 6.65. The van der Waals surface area contributed by atoms with Gasteiger partial charge in [-0.25, -0.2) is 0 Å². The average molecular weight is 317 g/mol. The molecule has 1 aliphatic carbocycles. The van der Waals surface area contributed by atoms with Crippen molar-refractivity contribution in [1.82, 2.24) is 5.09 Å². The maximum absolute atomic E-state index is 3.97. The lowest BCUT2D eigenvalue weighted by Gasteiger charge is -2.24. The van der Waals surface area contributed by atoms with Crippen LogP contribution in [0.25, 0.3) is 0 Å². The van der Waals surface area contributed by atoms with E-state index < -0.39 is 8.07 Å². The van der Waals surface area contributed by atoms with E-state index in [4.69, 9.17) is 0 Å². The van der Waals surface area contributed by atoms with E-state index in [1.54, 1.807) is 0 Å². The van der Waals surface area contributed by atoms with Gasteiger partial charge in [-0.1, -0.05) is 84.9 Å². The van der Waals surface area contributed by atoms with Gasteiger partial charge in [-0.2, -0.15) is 0 Å². The standard InChI is InChI=1S/C21H20NP/c1-3-10-18(11-4-1)23(19-12-5-2-6-13-19)22-21-16-15-17-9-7-8-14-20(17)21/h1-14,21-22H,15-16H2. The van der Waals surface area contributed by atoms with Crippen molar-refractivity contribution in [3.05, 3.63) is 96.1 Å². The van der Waals surface area contributed by atoms with E-state index in [2.05, 4.69) is 90.0 Å². The molecule has 0 aliphatic heterocycles. The third kappa shape index (κ3) is 3.08. The van der Waals surface area contributed by atoms with E-state index in [-0.39, 0.29) is 0 Å².